The third kappa shape index (κ3) is 4.89. The van der Waals surface area contributed by atoms with Gasteiger partial charge in [0.15, 0.2) is 5.17 Å². The SMILES string of the molecule is CCOC(=O)C1=C(C)NC(SCc2cccc3ccccc23)=N[C@@H]1c1ccc(OC)cc1OC. The largest absolute Gasteiger partial charge is 0.497 e. The first-order chi connectivity index (χ1) is 16.5. The number of esters is 1. The van der Waals surface area contributed by atoms with Gasteiger partial charge in [0.05, 0.1) is 26.4 Å². The fourth-order valence-corrected chi connectivity index (χ4v) is 4.98. The van der Waals surface area contributed by atoms with E-state index in [0.29, 0.717) is 17.1 Å². The molecular formula is C27H28N2O4S. The Bertz CT molecular complexity index is 1260. The van der Waals surface area contributed by atoms with Crippen molar-refractivity contribution in [3.63, 3.8) is 0 Å². The highest BCUT2D eigenvalue weighted by molar-refractivity contribution is 8.13. The predicted molar refractivity (Wildman–Crippen MR) is 137 cm³/mol. The maximum Gasteiger partial charge on any atom is 0.338 e. The molecule has 6 nitrogen and oxygen atoms in total. The van der Waals surface area contributed by atoms with Gasteiger partial charge >= 0.3 is 5.97 Å². The lowest BCUT2D eigenvalue weighted by Crippen LogP contribution is -2.30. The van der Waals surface area contributed by atoms with Gasteiger partial charge < -0.3 is 19.5 Å². The molecule has 1 heterocycles. The van der Waals surface area contributed by atoms with E-state index in [9.17, 15) is 4.79 Å². The number of hydrogen-bond donors (Lipinski definition) is 1. The number of aliphatic imine (C=N–C) groups is 1. The number of carbonyl (C=O) groups excluding carboxylic acids is 1. The van der Waals surface area contributed by atoms with Crippen molar-refractivity contribution in [1.29, 1.82) is 0 Å². The van der Waals surface area contributed by atoms with Crippen LogP contribution >= 0.6 is 11.8 Å². The average molecular weight is 477 g/mol. The summed E-state index contributed by atoms with van der Waals surface area (Å²) < 4.78 is 16.3. The Balaban J connectivity index is 1.69. The first kappa shape index (κ1) is 23.7. The summed E-state index contributed by atoms with van der Waals surface area (Å²) in [6.07, 6.45) is 0. The van der Waals surface area contributed by atoms with Crippen molar-refractivity contribution >= 4 is 33.7 Å². The van der Waals surface area contributed by atoms with E-state index in [1.807, 2.05) is 25.1 Å². The molecule has 7 heteroatoms. The van der Waals surface area contributed by atoms with Gasteiger partial charge in [-0.2, -0.15) is 0 Å². The molecule has 0 aliphatic carbocycles. The smallest absolute Gasteiger partial charge is 0.338 e. The number of methoxy groups -OCH3 is 2. The van der Waals surface area contributed by atoms with Gasteiger partial charge in [0.1, 0.15) is 17.5 Å². The van der Waals surface area contributed by atoms with Crippen molar-refractivity contribution in [2.45, 2.75) is 25.6 Å². The Hall–Kier alpha value is -3.45. The fraction of sp³-hybridized carbons (Fsp3) is 0.259. The summed E-state index contributed by atoms with van der Waals surface area (Å²) in [6.45, 7) is 3.96. The molecule has 3 aromatic carbocycles. The predicted octanol–water partition coefficient (Wildman–Crippen LogP) is 5.63. The number of benzene rings is 3. The molecule has 0 radical (unpaired) electrons. The Morgan fingerprint density at radius 2 is 1.85 bits per heavy atom. The minimum atomic E-state index is -0.559. The number of hydrogen-bond acceptors (Lipinski definition) is 7. The van der Waals surface area contributed by atoms with Gasteiger partial charge in [-0.1, -0.05) is 54.2 Å². The lowest BCUT2D eigenvalue weighted by atomic mass is 9.95. The monoisotopic (exact) mass is 476 g/mol. The van der Waals surface area contributed by atoms with Crippen LogP contribution in [0.25, 0.3) is 10.8 Å². The van der Waals surface area contributed by atoms with E-state index in [4.69, 9.17) is 19.2 Å². The van der Waals surface area contributed by atoms with Gasteiger partial charge in [-0.25, -0.2) is 9.79 Å². The molecular weight excluding hydrogens is 448 g/mol. The van der Waals surface area contributed by atoms with Crippen LogP contribution < -0.4 is 14.8 Å². The number of allylic oxidation sites excluding steroid dienone is 1. The lowest BCUT2D eigenvalue weighted by Gasteiger charge is -2.27. The van der Waals surface area contributed by atoms with Crippen LogP contribution in [0, 0.1) is 0 Å². The zero-order valence-electron chi connectivity index (χ0n) is 19.8. The summed E-state index contributed by atoms with van der Waals surface area (Å²) >= 11 is 1.60. The zero-order chi connectivity index (χ0) is 24.1. The van der Waals surface area contributed by atoms with E-state index in [1.54, 1.807) is 39.0 Å². The molecule has 0 amide bonds. The molecule has 176 valence electrons. The first-order valence-corrected chi connectivity index (χ1v) is 12.1. The van der Waals surface area contributed by atoms with E-state index in [1.165, 1.54) is 16.3 Å². The maximum absolute atomic E-state index is 12.9. The Morgan fingerprint density at radius 1 is 1.06 bits per heavy atom. The first-order valence-electron chi connectivity index (χ1n) is 11.1. The average Bonchev–Trinajstić information content (AvgIpc) is 2.86. The summed E-state index contributed by atoms with van der Waals surface area (Å²) in [6, 6.07) is 19.6. The Kier molecular flexibility index (Phi) is 7.43. The van der Waals surface area contributed by atoms with Crippen LogP contribution in [0.5, 0.6) is 11.5 Å². The van der Waals surface area contributed by atoms with Crippen molar-refractivity contribution in [1.82, 2.24) is 5.32 Å². The van der Waals surface area contributed by atoms with Crippen LogP contribution in [0.3, 0.4) is 0 Å². The van der Waals surface area contributed by atoms with E-state index in [-0.39, 0.29) is 6.61 Å². The molecule has 3 aromatic rings. The highest BCUT2D eigenvalue weighted by atomic mass is 32.2. The van der Waals surface area contributed by atoms with Gasteiger partial charge in [-0.05, 0) is 42.3 Å². The number of nitrogens with zero attached hydrogens (tertiary/aromatic N) is 1. The zero-order valence-corrected chi connectivity index (χ0v) is 20.6. The Labute approximate surface area is 204 Å². The second-order valence-electron chi connectivity index (χ2n) is 7.76. The molecule has 0 spiro atoms. The molecule has 0 fully saturated rings. The van der Waals surface area contributed by atoms with Crippen LogP contribution in [0.4, 0.5) is 0 Å². The molecule has 34 heavy (non-hydrogen) atoms. The second-order valence-corrected chi connectivity index (χ2v) is 8.72. The van der Waals surface area contributed by atoms with Crippen molar-refractivity contribution in [3.8, 4) is 11.5 Å². The third-order valence-electron chi connectivity index (χ3n) is 5.69. The van der Waals surface area contributed by atoms with E-state index >= 15 is 0 Å². The fourth-order valence-electron chi connectivity index (χ4n) is 4.03. The summed E-state index contributed by atoms with van der Waals surface area (Å²) in [5, 5.41) is 6.48. The molecule has 1 N–H and O–H groups in total. The molecule has 1 aliphatic heterocycles. The number of amidine groups is 1. The van der Waals surface area contributed by atoms with Crippen LogP contribution in [0.15, 0.2) is 76.9 Å². The van der Waals surface area contributed by atoms with Crippen molar-refractivity contribution in [2.24, 2.45) is 4.99 Å². The number of nitrogens with one attached hydrogen (secondary N) is 1. The molecule has 0 unspecified atom stereocenters. The van der Waals surface area contributed by atoms with Gasteiger partial charge in [0.25, 0.3) is 0 Å². The van der Waals surface area contributed by atoms with Crippen LogP contribution in [-0.2, 0) is 15.3 Å². The van der Waals surface area contributed by atoms with Gasteiger partial charge in [-0.15, -0.1) is 0 Å². The normalized spacial score (nSPS) is 15.5. The quantitative estimate of drug-likeness (QED) is 0.446. The third-order valence-corrected chi connectivity index (χ3v) is 6.63. The van der Waals surface area contributed by atoms with Gasteiger partial charge in [-0.3, -0.25) is 0 Å². The van der Waals surface area contributed by atoms with Crippen molar-refractivity contribution in [2.75, 3.05) is 20.8 Å². The minimum Gasteiger partial charge on any atom is -0.497 e. The molecule has 0 saturated heterocycles. The molecule has 0 aromatic heterocycles. The number of carbonyl (C=O) groups is 1. The Morgan fingerprint density at radius 3 is 2.62 bits per heavy atom. The van der Waals surface area contributed by atoms with Crippen LogP contribution in [0.2, 0.25) is 0 Å². The summed E-state index contributed by atoms with van der Waals surface area (Å²) in [5.41, 5.74) is 3.19. The van der Waals surface area contributed by atoms with Crippen molar-refractivity contribution < 1.29 is 19.0 Å². The van der Waals surface area contributed by atoms with E-state index in [0.717, 1.165) is 22.2 Å². The maximum atomic E-state index is 12.9. The standard InChI is InChI=1S/C27H28N2O4S/c1-5-33-26(30)24-17(2)28-27(29-25(24)22-14-13-20(31-3)15-23(22)32-4)34-16-19-11-8-10-18-9-6-7-12-21(18)19/h6-15,25H,5,16H2,1-4H3,(H,28,29)/t25-/m1/s1. The molecule has 1 atom stereocenters. The molecule has 0 bridgehead atoms. The minimum absolute atomic E-state index is 0.286. The van der Waals surface area contributed by atoms with E-state index in [2.05, 4.69) is 41.7 Å². The summed E-state index contributed by atoms with van der Waals surface area (Å²) in [7, 11) is 3.20. The van der Waals surface area contributed by atoms with Crippen LogP contribution in [-0.4, -0.2) is 32.0 Å². The number of thioether (sulfide) groups is 1. The topological polar surface area (TPSA) is 69.2 Å². The summed E-state index contributed by atoms with van der Waals surface area (Å²) in [4.78, 5) is 17.8. The second kappa shape index (κ2) is 10.7. The van der Waals surface area contributed by atoms with Gasteiger partial charge in [0.2, 0.25) is 0 Å². The van der Waals surface area contributed by atoms with Crippen LogP contribution in [0.1, 0.15) is 31.0 Å². The van der Waals surface area contributed by atoms with E-state index < -0.39 is 12.0 Å². The molecule has 1 aliphatic rings. The summed E-state index contributed by atoms with van der Waals surface area (Å²) in [5.74, 6) is 1.62. The van der Waals surface area contributed by atoms with Gasteiger partial charge in [0, 0.05) is 23.1 Å². The number of rotatable bonds is 7. The highest BCUT2D eigenvalue weighted by Crippen LogP contribution is 2.39. The number of fused-ring (bicyclic) bond motifs is 1. The van der Waals surface area contributed by atoms with Crippen molar-refractivity contribution in [3.05, 3.63) is 83.1 Å². The number of ether oxygens (including phenoxy) is 3. The molecule has 4 rings (SSSR count). The highest BCUT2D eigenvalue weighted by Gasteiger charge is 2.32. The lowest BCUT2D eigenvalue weighted by molar-refractivity contribution is -0.138. The molecule has 0 saturated carbocycles.